The maximum Gasteiger partial charge on any atom is 0.249 e. The molecule has 0 atom stereocenters. The molecule has 0 saturated heterocycles. The van der Waals surface area contributed by atoms with E-state index in [1.54, 1.807) is 6.07 Å². The van der Waals surface area contributed by atoms with Crippen LogP contribution in [0.3, 0.4) is 0 Å². The van der Waals surface area contributed by atoms with E-state index in [0.717, 1.165) is 11.1 Å². The predicted octanol–water partition coefficient (Wildman–Crippen LogP) is 2.06. The van der Waals surface area contributed by atoms with Gasteiger partial charge in [0.15, 0.2) is 0 Å². The van der Waals surface area contributed by atoms with Gasteiger partial charge in [-0.25, -0.2) is 0 Å². The second kappa shape index (κ2) is 3.15. The molecule has 0 fully saturated rings. The van der Waals surface area contributed by atoms with E-state index in [0.29, 0.717) is 10.6 Å². The van der Waals surface area contributed by atoms with Crippen molar-refractivity contribution in [1.29, 1.82) is 0 Å². The summed E-state index contributed by atoms with van der Waals surface area (Å²) in [6.45, 7) is 3.73. The molecule has 0 spiro atoms. The third kappa shape index (κ3) is 1.59. The lowest BCUT2D eigenvalue weighted by Gasteiger charge is -2.04. The molecule has 0 unspecified atom stereocenters. The molecule has 0 aliphatic carbocycles. The number of carbonyl (C=O) groups excluding carboxylic acids is 1. The van der Waals surface area contributed by atoms with Crippen LogP contribution in [0.5, 0.6) is 0 Å². The third-order valence-electron chi connectivity index (χ3n) is 1.77. The molecule has 1 rings (SSSR count). The van der Waals surface area contributed by atoms with Crippen LogP contribution in [-0.2, 0) is 0 Å². The highest BCUT2D eigenvalue weighted by atomic mass is 35.5. The maximum atomic E-state index is 10.8. The Morgan fingerprint density at radius 2 is 1.92 bits per heavy atom. The van der Waals surface area contributed by atoms with E-state index < -0.39 is 5.91 Å². The van der Waals surface area contributed by atoms with Crippen LogP contribution in [0.25, 0.3) is 0 Å². The van der Waals surface area contributed by atoms with E-state index in [-0.39, 0.29) is 0 Å². The summed E-state index contributed by atoms with van der Waals surface area (Å²) in [5.41, 5.74) is 7.45. The minimum Gasteiger partial charge on any atom is -0.366 e. The molecule has 3 heteroatoms. The topological polar surface area (TPSA) is 43.1 Å². The zero-order valence-corrected chi connectivity index (χ0v) is 7.77. The Morgan fingerprint density at radius 1 is 1.33 bits per heavy atom. The fraction of sp³-hybridized carbons (Fsp3) is 0.222. The highest BCUT2D eigenvalue weighted by Gasteiger charge is 2.06. The van der Waals surface area contributed by atoms with Crippen LogP contribution in [-0.4, -0.2) is 5.91 Å². The van der Waals surface area contributed by atoms with Crippen molar-refractivity contribution in [2.45, 2.75) is 13.8 Å². The average Bonchev–Trinajstić information content (AvgIpc) is 1.96. The van der Waals surface area contributed by atoms with Gasteiger partial charge in [-0.15, -0.1) is 0 Å². The molecule has 0 bridgehead atoms. The number of hydrogen-bond acceptors (Lipinski definition) is 1. The first-order valence-electron chi connectivity index (χ1n) is 3.59. The summed E-state index contributed by atoms with van der Waals surface area (Å²) in [6.07, 6.45) is 0. The van der Waals surface area contributed by atoms with Gasteiger partial charge in [0.2, 0.25) is 5.91 Å². The zero-order chi connectivity index (χ0) is 9.30. The number of primary amides is 1. The fourth-order valence-electron chi connectivity index (χ4n) is 1.09. The van der Waals surface area contributed by atoms with E-state index in [4.69, 9.17) is 17.3 Å². The summed E-state index contributed by atoms with van der Waals surface area (Å²) in [7, 11) is 0. The molecule has 2 nitrogen and oxygen atoms in total. The molecule has 64 valence electrons. The van der Waals surface area contributed by atoms with Crippen molar-refractivity contribution in [3.05, 3.63) is 33.8 Å². The van der Waals surface area contributed by atoms with Crippen molar-refractivity contribution in [1.82, 2.24) is 0 Å². The molecule has 1 aromatic carbocycles. The number of hydrogen-bond donors (Lipinski definition) is 1. The Hall–Kier alpha value is -1.02. The van der Waals surface area contributed by atoms with Crippen LogP contribution in [0.4, 0.5) is 0 Å². The minimum atomic E-state index is -0.436. The van der Waals surface area contributed by atoms with Crippen LogP contribution >= 0.6 is 11.6 Å². The molecular formula is C9H10ClNO. The lowest BCUT2D eigenvalue weighted by atomic mass is 10.1. The zero-order valence-electron chi connectivity index (χ0n) is 7.02. The van der Waals surface area contributed by atoms with Crippen molar-refractivity contribution >= 4 is 17.5 Å². The molecule has 0 heterocycles. The van der Waals surface area contributed by atoms with Crippen LogP contribution in [0.15, 0.2) is 12.1 Å². The van der Waals surface area contributed by atoms with Crippen LogP contribution in [0.1, 0.15) is 21.5 Å². The van der Waals surface area contributed by atoms with Gasteiger partial charge in [0.1, 0.15) is 0 Å². The van der Waals surface area contributed by atoms with Crippen LogP contribution in [0, 0.1) is 13.8 Å². The Balaban J connectivity index is 3.33. The second-order valence-electron chi connectivity index (χ2n) is 2.78. The first kappa shape index (κ1) is 9.07. The van der Waals surface area contributed by atoms with E-state index in [1.807, 2.05) is 19.9 Å². The van der Waals surface area contributed by atoms with Gasteiger partial charge in [-0.2, -0.15) is 0 Å². The minimum absolute atomic E-state index is 0.436. The number of carbonyl (C=O) groups is 1. The number of amides is 1. The highest BCUT2D eigenvalue weighted by Crippen LogP contribution is 2.19. The van der Waals surface area contributed by atoms with Gasteiger partial charge in [-0.05, 0) is 31.0 Å². The lowest BCUT2D eigenvalue weighted by molar-refractivity contribution is 0.0999. The van der Waals surface area contributed by atoms with Crippen molar-refractivity contribution in [2.24, 2.45) is 5.73 Å². The SMILES string of the molecule is Cc1cc(C)c(C(N)=O)cc1Cl. The number of aryl methyl sites for hydroxylation is 2. The molecule has 12 heavy (non-hydrogen) atoms. The molecule has 0 radical (unpaired) electrons. The molecule has 1 aromatic rings. The normalized spacial score (nSPS) is 9.92. The Kier molecular flexibility index (Phi) is 2.38. The summed E-state index contributed by atoms with van der Waals surface area (Å²) < 4.78 is 0. The monoisotopic (exact) mass is 183 g/mol. The summed E-state index contributed by atoms with van der Waals surface area (Å²) >= 11 is 5.82. The fourth-order valence-corrected chi connectivity index (χ4v) is 1.25. The van der Waals surface area contributed by atoms with E-state index >= 15 is 0 Å². The molecular weight excluding hydrogens is 174 g/mol. The van der Waals surface area contributed by atoms with Gasteiger partial charge in [0, 0.05) is 10.6 Å². The number of nitrogens with two attached hydrogens (primary N) is 1. The summed E-state index contributed by atoms with van der Waals surface area (Å²) in [4.78, 5) is 10.8. The van der Waals surface area contributed by atoms with E-state index in [9.17, 15) is 4.79 Å². The van der Waals surface area contributed by atoms with Gasteiger partial charge in [0.05, 0.1) is 0 Å². The third-order valence-corrected chi connectivity index (χ3v) is 2.18. The van der Waals surface area contributed by atoms with Gasteiger partial charge >= 0.3 is 0 Å². The van der Waals surface area contributed by atoms with Crippen LogP contribution in [0.2, 0.25) is 5.02 Å². The Labute approximate surface area is 76.3 Å². The average molecular weight is 184 g/mol. The first-order valence-corrected chi connectivity index (χ1v) is 3.96. The quantitative estimate of drug-likeness (QED) is 0.712. The van der Waals surface area contributed by atoms with Crippen molar-refractivity contribution in [3.8, 4) is 0 Å². The summed E-state index contributed by atoms with van der Waals surface area (Å²) in [5, 5.41) is 0.578. The number of halogens is 1. The Bertz CT molecular complexity index is 334. The summed E-state index contributed by atoms with van der Waals surface area (Å²) in [5.74, 6) is -0.436. The predicted molar refractivity (Wildman–Crippen MR) is 49.4 cm³/mol. The maximum absolute atomic E-state index is 10.8. The van der Waals surface area contributed by atoms with Gasteiger partial charge in [-0.3, -0.25) is 4.79 Å². The van der Waals surface area contributed by atoms with Crippen LogP contribution < -0.4 is 5.73 Å². The molecule has 0 aliphatic rings. The molecule has 0 saturated carbocycles. The van der Waals surface area contributed by atoms with Gasteiger partial charge < -0.3 is 5.73 Å². The van der Waals surface area contributed by atoms with Crippen molar-refractivity contribution in [2.75, 3.05) is 0 Å². The van der Waals surface area contributed by atoms with Crippen molar-refractivity contribution < 1.29 is 4.79 Å². The van der Waals surface area contributed by atoms with Gasteiger partial charge in [0.25, 0.3) is 0 Å². The smallest absolute Gasteiger partial charge is 0.249 e. The van der Waals surface area contributed by atoms with Crippen molar-refractivity contribution in [3.63, 3.8) is 0 Å². The molecule has 0 aromatic heterocycles. The van der Waals surface area contributed by atoms with Gasteiger partial charge in [-0.1, -0.05) is 17.7 Å². The van der Waals surface area contributed by atoms with E-state index in [2.05, 4.69) is 0 Å². The number of benzene rings is 1. The first-order chi connectivity index (χ1) is 5.52. The van der Waals surface area contributed by atoms with E-state index in [1.165, 1.54) is 0 Å². The highest BCUT2D eigenvalue weighted by molar-refractivity contribution is 6.31. The number of rotatable bonds is 1. The molecule has 0 aliphatic heterocycles. The Morgan fingerprint density at radius 3 is 2.42 bits per heavy atom. The second-order valence-corrected chi connectivity index (χ2v) is 3.19. The molecule has 1 amide bonds. The standard InChI is InChI=1S/C9H10ClNO/c1-5-3-6(2)8(10)4-7(5)9(11)12/h3-4H,1-2H3,(H2,11,12). The molecule has 2 N–H and O–H groups in total. The lowest BCUT2D eigenvalue weighted by Crippen LogP contribution is -2.12. The largest absolute Gasteiger partial charge is 0.366 e. The summed E-state index contributed by atoms with van der Waals surface area (Å²) in [6, 6.07) is 3.46.